The fourth-order valence-electron chi connectivity index (χ4n) is 5.57. The Balaban J connectivity index is 1.19. The van der Waals surface area contributed by atoms with E-state index in [2.05, 4.69) is 36.1 Å². The van der Waals surface area contributed by atoms with Gasteiger partial charge in [0.15, 0.2) is 0 Å². The maximum atomic E-state index is 13.5. The van der Waals surface area contributed by atoms with Gasteiger partial charge in [-0.05, 0) is 42.0 Å². The Labute approximate surface area is 235 Å². The van der Waals surface area contributed by atoms with Crippen LogP contribution in [-0.4, -0.2) is 61.8 Å². The van der Waals surface area contributed by atoms with Crippen molar-refractivity contribution in [1.82, 2.24) is 9.21 Å². The van der Waals surface area contributed by atoms with Crippen LogP contribution in [-0.2, 0) is 21.3 Å². The Morgan fingerprint density at radius 1 is 0.842 bits per heavy atom. The predicted molar refractivity (Wildman–Crippen MR) is 158 cm³/mol. The molecule has 38 heavy (non-hydrogen) atoms. The number of morpholine rings is 1. The SMILES string of the molecule is CCCCCCCCCCCCSc1ccc(S(=O)(=O)N2C[C@@H]3OCCN(Cc4ccccc4)[C@H]3C2)cc1. The maximum Gasteiger partial charge on any atom is 0.243 e. The molecule has 0 N–H and O–H groups in total. The van der Waals surface area contributed by atoms with E-state index in [1.807, 2.05) is 30.0 Å². The van der Waals surface area contributed by atoms with E-state index in [-0.39, 0.29) is 12.1 Å². The number of nitrogens with zero attached hydrogens (tertiary/aromatic N) is 2. The zero-order chi connectivity index (χ0) is 26.6. The lowest BCUT2D eigenvalue weighted by Gasteiger charge is -2.36. The molecule has 0 bridgehead atoms. The fraction of sp³-hybridized carbons (Fsp3) is 0.613. The molecule has 5 nitrogen and oxygen atoms in total. The Bertz CT molecular complexity index is 1050. The lowest BCUT2D eigenvalue weighted by atomic mass is 10.1. The molecule has 2 aliphatic rings. The molecule has 0 amide bonds. The van der Waals surface area contributed by atoms with Crippen LogP contribution < -0.4 is 0 Å². The van der Waals surface area contributed by atoms with Crippen LogP contribution in [0.25, 0.3) is 0 Å². The molecule has 0 aliphatic carbocycles. The van der Waals surface area contributed by atoms with Gasteiger partial charge < -0.3 is 4.74 Å². The molecular formula is C31H46N2O3S2. The Morgan fingerprint density at radius 3 is 2.18 bits per heavy atom. The number of sulfonamides is 1. The number of hydrogen-bond acceptors (Lipinski definition) is 5. The second-order valence-electron chi connectivity index (χ2n) is 10.8. The molecule has 0 saturated carbocycles. The molecule has 0 spiro atoms. The summed E-state index contributed by atoms with van der Waals surface area (Å²) in [4.78, 5) is 3.91. The molecule has 2 aliphatic heterocycles. The van der Waals surface area contributed by atoms with E-state index in [1.165, 1.54) is 69.8 Å². The van der Waals surface area contributed by atoms with Crippen molar-refractivity contribution >= 4 is 21.8 Å². The highest BCUT2D eigenvalue weighted by molar-refractivity contribution is 7.99. The molecule has 7 heteroatoms. The standard InChI is InChI=1S/C31H46N2O3S2/c1-2-3-4-5-6-7-8-9-10-14-23-37-28-17-19-29(20-18-28)38(34,35)33-25-30-31(26-33)36-22-21-32(30)24-27-15-12-11-13-16-27/h11-13,15-20,30-31H,2-10,14,21-26H2,1H3/t30-,31-/m0/s1. The van der Waals surface area contributed by atoms with Crippen LogP contribution in [0.4, 0.5) is 0 Å². The summed E-state index contributed by atoms with van der Waals surface area (Å²) in [6.07, 6.45) is 13.4. The molecular weight excluding hydrogens is 512 g/mol. The van der Waals surface area contributed by atoms with Gasteiger partial charge in [-0.15, -0.1) is 11.8 Å². The van der Waals surface area contributed by atoms with Crippen molar-refractivity contribution in [3.05, 3.63) is 60.2 Å². The summed E-state index contributed by atoms with van der Waals surface area (Å²) in [7, 11) is -3.54. The quantitative estimate of drug-likeness (QED) is 0.164. The van der Waals surface area contributed by atoms with Crippen LogP contribution in [0.2, 0.25) is 0 Å². The molecule has 2 aromatic rings. The average molecular weight is 559 g/mol. The number of benzene rings is 2. The van der Waals surface area contributed by atoms with Crippen LogP contribution in [0.3, 0.4) is 0 Å². The molecule has 2 atom stereocenters. The summed E-state index contributed by atoms with van der Waals surface area (Å²) in [5.74, 6) is 1.09. The minimum atomic E-state index is -3.54. The first-order valence-corrected chi connectivity index (χ1v) is 17.1. The summed E-state index contributed by atoms with van der Waals surface area (Å²) in [5.41, 5.74) is 1.25. The Kier molecular flexibility index (Phi) is 12.0. The van der Waals surface area contributed by atoms with Crippen molar-refractivity contribution < 1.29 is 13.2 Å². The minimum Gasteiger partial charge on any atom is -0.374 e. The first-order valence-electron chi connectivity index (χ1n) is 14.7. The summed E-state index contributed by atoms with van der Waals surface area (Å²) in [6.45, 7) is 5.47. The minimum absolute atomic E-state index is 0.0712. The van der Waals surface area contributed by atoms with Crippen molar-refractivity contribution in [2.75, 3.05) is 32.0 Å². The van der Waals surface area contributed by atoms with E-state index in [4.69, 9.17) is 4.74 Å². The highest BCUT2D eigenvalue weighted by Gasteiger charge is 2.44. The van der Waals surface area contributed by atoms with E-state index >= 15 is 0 Å². The summed E-state index contributed by atoms with van der Waals surface area (Å²) in [6, 6.07) is 18.0. The zero-order valence-electron chi connectivity index (χ0n) is 23.1. The zero-order valence-corrected chi connectivity index (χ0v) is 24.7. The van der Waals surface area contributed by atoms with Gasteiger partial charge in [0, 0.05) is 31.1 Å². The molecule has 2 fully saturated rings. The van der Waals surface area contributed by atoms with Gasteiger partial charge in [-0.3, -0.25) is 4.90 Å². The average Bonchev–Trinajstić information content (AvgIpc) is 3.39. The van der Waals surface area contributed by atoms with Crippen LogP contribution in [0, 0.1) is 0 Å². The molecule has 4 rings (SSSR count). The Morgan fingerprint density at radius 2 is 1.50 bits per heavy atom. The first kappa shape index (κ1) is 29.6. The fourth-order valence-corrected chi connectivity index (χ4v) is 7.95. The third kappa shape index (κ3) is 8.56. The molecule has 2 aromatic carbocycles. The van der Waals surface area contributed by atoms with Gasteiger partial charge in [-0.25, -0.2) is 8.42 Å². The van der Waals surface area contributed by atoms with Gasteiger partial charge >= 0.3 is 0 Å². The summed E-state index contributed by atoms with van der Waals surface area (Å²) < 4.78 is 34.5. The number of thioether (sulfide) groups is 1. The summed E-state index contributed by atoms with van der Waals surface area (Å²) in [5, 5.41) is 0. The third-order valence-corrected chi connectivity index (χ3v) is 10.8. The third-order valence-electron chi connectivity index (χ3n) is 7.84. The first-order chi connectivity index (χ1) is 18.6. The number of fused-ring (bicyclic) bond motifs is 1. The van der Waals surface area contributed by atoms with E-state index in [0.29, 0.717) is 24.6 Å². The van der Waals surface area contributed by atoms with Crippen LogP contribution in [0.1, 0.15) is 76.7 Å². The Hall–Kier alpha value is -1.38. The van der Waals surface area contributed by atoms with Gasteiger partial charge in [0.2, 0.25) is 10.0 Å². The van der Waals surface area contributed by atoms with Crippen LogP contribution in [0.5, 0.6) is 0 Å². The van der Waals surface area contributed by atoms with E-state index in [1.54, 1.807) is 16.4 Å². The molecule has 2 heterocycles. The van der Waals surface area contributed by atoms with Gasteiger partial charge in [0.1, 0.15) is 0 Å². The smallest absolute Gasteiger partial charge is 0.243 e. The number of ether oxygens (including phenoxy) is 1. The number of rotatable bonds is 16. The maximum absolute atomic E-state index is 13.5. The normalized spacial score (nSPS) is 20.6. The summed E-state index contributed by atoms with van der Waals surface area (Å²) >= 11 is 1.83. The van der Waals surface area contributed by atoms with Crippen molar-refractivity contribution in [3.63, 3.8) is 0 Å². The molecule has 210 valence electrons. The van der Waals surface area contributed by atoms with Crippen LogP contribution in [0.15, 0.2) is 64.4 Å². The van der Waals surface area contributed by atoms with Crippen molar-refractivity contribution in [3.8, 4) is 0 Å². The highest BCUT2D eigenvalue weighted by atomic mass is 32.2. The molecule has 2 saturated heterocycles. The van der Waals surface area contributed by atoms with Crippen LogP contribution >= 0.6 is 11.8 Å². The van der Waals surface area contributed by atoms with Gasteiger partial charge in [-0.1, -0.05) is 95.0 Å². The second-order valence-corrected chi connectivity index (χ2v) is 13.9. The lowest BCUT2D eigenvalue weighted by molar-refractivity contribution is -0.0502. The molecule has 0 aromatic heterocycles. The van der Waals surface area contributed by atoms with Crippen molar-refractivity contribution in [1.29, 1.82) is 0 Å². The van der Waals surface area contributed by atoms with Gasteiger partial charge in [0.25, 0.3) is 0 Å². The molecule has 0 unspecified atom stereocenters. The van der Waals surface area contributed by atoms with Crippen molar-refractivity contribution in [2.24, 2.45) is 0 Å². The second kappa shape index (κ2) is 15.4. The molecule has 0 radical (unpaired) electrons. The highest BCUT2D eigenvalue weighted by Crippen LogP contribution is 2.30. The number of hydrogen-bond donors (Lipinski definition) is 0. The van der Waals surface area contributed by atoms with Gasteiger partial charge in [-0.2, -0.15) is 4.31 Å². The monoisotopic (exact) mass is 558 g/mol. The topological polar surface area (TPSA) is 49.9 Å². The van der Waals surface area contributed by atoms with Crippen molar-refractivity contribution in [2.45, 2.75) is 99.6 Å². The largest absolute Gasteiger partial charge is 0.374 e. The predicted octanol–water partition coefficient (Wildman–Crippen LogP) is 6.97. The number of unbranched alkanes of at least 4 members (excludes halogenated alkanes) is 9. The van der Waals surface area contributed by atoms with E-state index in [9.17, 15) is 8.42 Å². The van der Waals surface area contributed by atoms with E-state index < -0.39 is 10.0 Å². The van der Waals surface area contributed by atoms with E-state index in [0.717, 1.165) is 23.7 Å². The van der Waals surface area contributed by atoms with Gasteiger partial charge in [0.05, 0.1) is 23.6 Å². The lowest BCUT2D eigenvalue weighted by Crippen LogP contribution is -2.50.